The van der Waals surface area contributed by atoms with Crippen LogP contribution in [-0.4, -0.2) is 61.7 Å². The SMILES string of the molecule is C=CCOC(=O)Nc1ccc([C@H]2O[C@@H](CN3CCOCC3)C[C@@H](c3ccc(CO)cc3)O2)cc1. The topological polar surface area (TPSA) is 89.5 Å². The highest BCUT2D eigenvalue weighted by Gasteiger charge is 2.33. The average molecular weight is 469 g/mol. The Kier molecular flexibility index (Phi) is 8.67. The standard InChI is InChI=1S/C26H32N2O6/c1-2-13-32-26(30)27-22-9-7-21(8-10-22)25-33-23(17-28-11-14-31-15-12-28)16-24(34-25)20-5-3-19(18-29)4-6-20/h2-10,23-25,29H,1,11-18H2,(H,27,30)/t23-,24+,25+/m1/s1. The number of nitrogens with zero attached hydrogens (tertiary/aromatic N) is 1. The third-order valence-electron chi connectivity index (χ3n) is 5.94. The summed E-state index contributed by atoms with van der Waals surface area (Å²) in [6.45, 7) is 7.76. The van der Waals surface area contributed by atoms with Crippen molar-refractivity contribution in [3.05, 3.63) is 77.9 Å². The Bertz CT molecular complexity index is 927. The van der Waals surface area contributed by atoms with Gasteiger partial charge in [0.1, 0.15) is 6.61 Å². The van der Waals surface area contributed by atoms with Gasteiger partial charge in [-0.05, 0) is 23.3 Å². The van der Waals surface area contributed by atoms with E-state index in [0.29, 0.717) is 5.69 Å². The Labute approximate surface area is 200 Å². The number of hydrogen-bond acceptors (Lipinski definition) is 7. The van der Waals surface area contributed by atoms with E-state index in [0.717, 1.165) is 56.0 Å². The van der Waals surface area contributed by atoms with E-state index in [-0.39, 0.29) is 25.4 Å². The van der Waals surface area contributed by atoms with Crippen molar-refractivity contribution in [2.75, 3.05) is 44.8 Å². The third kappa shape index (κ3) is 6.65. The molecular formula is C26H32N2O6. The van der Waals surface area contributed by atoms with Gasteiger partial charge in [-0.3, -0.25) is 10.2 Å². The Morgan fingerprint density at radius 3 is 2.47 bits per heavy atom. The zero-order valence-electron chi connectivity index (χ0n) is 19.2. The minimum Gasteiger partial charge on any atom is -0.445 e. The maximum Gasteiger partial charge on any atom is 0.411 e. The minimum atomic E-state index is -0.538. The smallest absolute Gasteiger partial charge is 0.411 e. The van der Waals surface area contributed by atoms with E-state index < -0.39 is 12.4 Å². The first-order chi connectivity index (χ1) is 16.6. The van der Waals surface area contributed by atoms with Crippen LogP contribution in [-0.2, 0) is 25.6 Å². The molecule has 2 heterocycles. The molecule has 0 bridgehead atoms. The van der Waals surface area contributed by atoms with Gasteiger partial charge in [0.15, 0.2) is 6.29 Å². The zero-order chi connectivity index (χ0) is 23.8. The number of benzene rings is 2. The quantitative estimate of drug-likeness (QED) is 0.570. The number of ether oxygens (including phenoxy) is 4. The van der Waals surface area contributed by atoms with Gasteiger partial charge < -0.3 is 24.1 Å². The summed E-state index contributed by atoms with van der Waals surface area (Å²) in [5.41, 5.74) is 3.41. The number of amides is 1. The molecule has 4 rings (SSSR count). The number of carbonyl (C=O) groups excluding carboxylic acids is 1. The first-order valence-electron chi connectivity index (χ1n) is 11.6. The zero-order valence-corrected chi connectivity index (χ0v) is 19.2. The van der Waals surface area contributed by atoms with E-state index in [2.05, 4.69) is 16.8 Å². The van der Waals surface area contributed by atoms with Gasteiger partial charge in [-0.1, -0.05) is 49.1 Å². The summed E-state index contributed by atoms with van der Waals surface area (Å²) >= 11 is 0. The molecule has 2 fully saturated rings. The molecular weight excluding hydrogens is 436 g/mol. The summed E-state index contributed by atoms with van der Waals surface area (Å²) in [4.78, 5) is 14.1. The van der Waals surface area contributed by atoms with E-state index >= 15 is 0 Å². The molecule has 2 aliphatic rings. The number of anilines is 1. The van der Waals surface area contributed by atoms with Crippen LogP contribution in [0.25, 0.3) is 0 Å². The Balaban J connectivity index is 1.47. The van der Waals surface area contributed by atoms with E-state index in [1.54, 1.807) is 12.1 Å². The van der Waals surface area contributed by atoms with Crippen LogP contribution < -0.4 is 5.32 Å². The monoisotopic (exact) mass is 468 g/mol. The minimum absolute atomic E-state index is 0.00829. The number of hydrogen-bond donors (Lipinski definition) is 2. The number of nitrogens with one attached hydrogen (secondary N) is 1. The van der Waals surface area contributed by atoms with Crippen molar-refractivity contribution in [3.63, 3.8) is 0 Å². The van der Waals surface area contributed by atoms with Crippen molar-refractivity contribution in [2.24, 2.45) is 0 Å². The molecule has 2 aromatic carbocycles. The fraction of sp³-hybridized carbons (Fsp3) is 0.423. The summed E-state index contributed by atoms with van der Waals surface area (Å²) in [5, 5.41) is 12.1. The van der Waals surface area contributed by atoms with Crippen LogP contribution in [0, 0.1) is 0 Å². The lowest BCUT2D eigenvalue weighted by Crippen LogP contribution is -2.44. The van der Waals surface area contributed by atoms with E-state index in [9.17, 15) is 9.90 Å². The van der Waals surface area contributed by atoms with Gasteiger partial charge in [0, 0.05) is 37.3 Å². The summed E-state index contributed by atoms with van der Waals surface area (Å²) in [7, 11) is 0. The number of morpholine rings is 1. The van der Waals surface area contributed by atoms with Crippen molar-refractivity contribution >= 4 is 11.8 Å². The summed E-state index contributed by atoms with van der Waals surface area (Å²) in [5.74, 6) is 0. The number of carbonyl (C=O) groups is 1. The second-order valence-electron chi connectivity index (χ2n) is 8.40. The number of aliphatic hydroxyl groups excluding tert-OH is 1. The van der Waals surface area contributed by atoms with Crippen LogP contribution in [0.15, 0.2) is 61.2 Å². The molecule has 0 radical (unpaired) electrons. The van der Waals surface area contributed by atoms with Gasteiger partial charge in [-0.25, -0.2) is 4.79 Å². The van der Waals surface area contributed by atoms with E-state index in [1.807, 2.05) is 36.4 Å². The molecule has 0 aliphatic carbocycles. The molecule has 34 heavy (non-hydrogen) atoms. The molecule has 0 saturated carbocycles. The largest absolute Gasteiger partial charge is 0.445 e. The van der Waals surface area contributed by atoms with Crippen LogP contribution in [0.3, 0.4) is 0 Å². The Hall–Kier alpha value is -2.75. The van der Waals surface area contributed by atoms with Crippen LogP contribution in [0.5, 0.6) is 0 Å². The first kappa shape index (κ1) is 24.4. The van der Waals surface area contributed by atoms with E-state index in [1.165, 1.54) is 6.08 Å². The lowest BCUT2D eigenvalue weighted by molar-refractivity contribution is -0.253. The van der Waals surface area contributed by atoms with Crippen molar-refractivity contribution in [1.29, 1.82) is 0 Å². The van der Waals surface area contributed by atoms with Crippen LogP contribution in [0.2, 0.25) is 0 Å². The second-order valence-corrected chi connectivity index (χ2v) is 8.40. The molecule has 0 spiro atoms. The molecule has 182 valence electrons. The molecule has 2 aromatic rings. The van der Waals surface area contributed by atoms with Gasteiger partial charge in [-0.15, -0.1) is 0 Å². The normalized spacial score (nSPS) is 23.3. The summed E-state index contributed by atoms with van der Waals surface area (Å²) in [6.07, 6.45) is 1.04. The number of aliphatic hydroxyl groups is 1. The maximum absolute atomic E-state index is 11.8. The lowest BCUT2D eigenvalue weighted by atomic mass is 9.99. The highest BCUT2D eigenvalue weighted by atomic mass is 16.7. The van der Waals surface area contributed by atoms with Crippen molar-refractivity contribution in [2.45, 2.75) is 31.5 Å². The van der Waals surface area contributed by atoms with Gasteiger partial charge in [0.2, 0.25) is 0 Å². The average Bonchev–Trinajstić information content (AvgIpc) is 2.88. The van der Waals surface area contributed by atoms with Gasteiger partial charge >= 0.3 is 6.09 Å². The highest BCUT2D eigenvalue weighted by Crippen LogP contribution is 2.38. The highest BCUT2D eigenvalue weighted by molar-refractivity contribution is 5.84. The van der Waals surface area contributed by atoms with Crippen molar-refractivity contribution in [1.82, 2.24) is 4.90 Å². The first-order valence-corrected chi connectivity index (χ1v) is 11.6. The molecule has 0 unspecified atom stereocenters. The summed E-state index contributed by atoms with van der Waals surface area (Å²) < 4.78 is 23.2. The maximum atomic E-state index is 11.8. The molecule has 3 atom stereocenters. The number of rotatable bonds is 8. The van der Waals surface area contributed by atoms with Gasteiger partial charge in [0.05, 0.1) is 32.0 Å². The van der Waals surface area contributed by atoms with Gasteiger partial charge in [-0.2, -0.15) is 0 Å². The molecule has 2 N–H and O–H groups in total. The Morgan fingerprint density at radius 1 is 1.09 bits per heavy atom. The lowest BCUT2D eigenvalue weighted by Gasteiger charge is -2.39. The summed E-state index contributed by atoms with van der Waals surface area (Å²) in [6, 6.07) is 15.2. The van der Waals surface area contributed by atoms with Crippen molar-refractivity contribution in [3.8, 4) is 0 Å². The second kappa shape index (κ2) is 12.1. The molecule has 1 amide bonds. The van der Waals surface area contributed by atoms with Gasteiger partial charge in [0.25, 0.3) is 0 Å². The fourth-order valence-electron chi connectivity index (χ4n) is 4.12. The van der Waals surface area contributed by atoms with Crippen LogP contribution in [0.4, 0.5) is 10.5 Å². The molecule has 8 nitrogen and oxygen atoms in total. The predicted molar refractivity (Wildman–Crippen MR) is 127 cm³/mol. The van der Waals surface area contributed by atoms with Crippen molar-refractivity contribution < 1.29 is 28.8 Å². The predicted octanol–water partition coefficient (Wildman–Crippen LogP) is 3.79. The fourth-order valence-corrected chi connectivity index (χ4v) is 4.12. The van der Waals surface area contributed by atoms with E-state index in [4.69, 9.17) is 18.9 Å². The third-order valence-corrected chi connectivity index (χ3v) is 5.94. The molecule has 0 aromatic heterocycles. The Morgan fingerprint density at radius 2 is 1.79 bits per heavy atom. The molecule has 2 aliphatic heterocycles. The molecule has 2 saturated heterocycles. The van der Waals surface area contributed by atoms with Crippen LogP contribution >= 0.6 is 0 Å². The molecule has 8 heteroatoms. The van der Waals surface area contributed by atoms with Crippen LogP contribution in [0.1, 0.15) is 35.5 Å².